The second-order valence-corrected chi connectivity index (χ2v) is 6.10. The molecule has 2 aromatic carbocycles. The Balaban J connectivity index is 2.26. The molecule has 0 aliphatic rings. The van der Waals surface area contributed by atoms with Gasteiger partial charge in [0.25, 0.3) is 0 Å². The van der Waals surface area contributed by atoms with Crippen LogP contribution in [0.2, 0.25) is 15.1 Å². The topological polar surface area (TPSA) is 18.5 Å². The Kier molecular flexibility index (Phi) is 6.06. The minimum Gasteiger partial charge on any atom is -0.496 e. The molecule has 2 aromatic rings. The van der Waals surface area contributed by atoms with Gasteiger partial charge in [-0.15, -0.1) is 0 Å². The number of alkyl halides is 1. The first-order valence-electron chi connectivity index (χ1n) is 6.04. The van der Waals surface area contributed by atoms with Crippen LogP contribution in [0.1, 0.15) is 11.1 Å². The van der Waals surface area contributed by atoms with E-state index in [-0.39, 0.29) is 0 Å². The first kappa shape index (κ1) is 16.8. The van der Waals surface area contributed by atoms with Crippen molar-refractivity contribution in [3.63, 3.8) is 0 Å². The molecule has 0 saturated carbocycles. The Bertz CT molecular complexity index is 647. The third kappa shape index (κ3) is 4.19. The molecular weight excluding hydrogens is 398 g/mol. The molecule has 0 unspecified atom stereocenters. The quantitative estimate of drug-likeness (QED) is 0.552. The maximum Gasteiger partial charge on any atom is 0.142 e. The molecule has 2 rings (SSSR count). The van der Waals surface area contributed by atoms with Crippen molar-refractivity contribution >= 4 is 50.7 Å². The predicted octanol–water partition coefficient (Wildman–Crippen LogP) is 6.13. The van der Waals surface area contributed by atoms with Crippen molar-refractivity contribution < 1.29 is 9.47 Å². The van der Waals surface area contributed by atoms with Crippen molar-refractivity contribution in [2.75, 3.05) is 7.11 Å². The highest BCUT2D eigenvalue weighted by Gasteiger charge is 2.12. The van der Waals surface area contributed by atoms with Crippen LogP contribution in [0.4, 0.5) is 0 Å². The van der Waals surface area contributed by atoms with Crippen molar-refractivity contribution in [2.45, 2.75) is 11.9 Å². The van der Waals surface area contributed by atoms with E-state index in [1.807, 2.05) is 6.07 Å². The lowest BCUT2D eigenvalue weighted by atomic mass is 10.2. The van der Waals surface area contributed by atoms with Crippen LogP contribution in [0.25, 0.3) is 0 Å². The SMILES string of the molecule is COc1ccc(Cl)cc1COc1c(Cl)cc(Cl)cc1CBr. The van der Waals surface area contributed by atoms with Crippen molar-refractivity contribution in [2.24, 2.45) is 0 Å². The van der Waals surface area contributed by atoms with Gasteiger partial charge in [0.2, 0.25) is 0 Å². The minimum atomic E-state index is 0.297. The van der Waals surface area contributed by atoms with Gasteiger partial charge in [0, 0.05) is 26.5 Å². The zero-order valence-corrected chi connectivity index (χ0v) is 15.0. The van der Waals surface area contributed by atoms with Crippen molar-refractivity contribution in [3.8, 4) is 11.5 Å². The molecule has 6 heteroatoms. The van der Waals surface area contributed by atoms with Gasteiger partial charge in [-0.2, -0.15) is 0 Å². The Morgan fingerprint density at radius 3 is 2.38 bits per heavy atom. The van der Waals surface area contributed by atoms with Gasteiger partial charge in [-0.05, 0) is 30.3 Å². The molecule has 0 radical (unpaired) electrons. The van der Waals surface area contributed by atoms with Crippen LogP contribution >= 0.6 is 50.7 Å². The smallest absolute Gasteiger partial charge is 0.142 e. The highest BCUT2D eigenvalue weighted by atomic mass is 79.9. The standard InChI is InChI=1S/C15H12BrCl3O2/c1-20-14-3-2-11(17)5-10(14)8-21-15-9(7-16)4-12(18)6-13(15)19/h2-6H,7-8H2,1H3. The monoisotopic (exact) mass is 408 g/mol. The van der Waals surface area contributed by atoms with E-state index in [9.17, 15) is 0 Å². The normalized spacial score (nSPS) is 10.5. The highest BCUT2D eigenvalue weighted by molar-refractivity contribution is 9.08. The Labute approximate surface area is 147 Å². The van der Waals surface area contributed by atoms with Gasteiger partial charge in [0.15, 0.2) is 0 Å². The molecule has 0 bridgehead atoms. The maximum atomic E-state index is 6.20. The van der Waals surface area contributed by atoms with Crippen LogP contribution in [-0.2, 0) is 11.9 Å². The van der Waals surface area contributed by atoms with E-state index >= 15 is 0 Å². The first-order valence-corrected chi connectivity index (χ1v) is 8.29. The first-order chi connectivity index (χ1) is 10.0. The number of rotatable bonds is 5. The average Bonchev–Trinajstić information content (AvgIpc) is 2.45. The molecule has 0 aliphatic carbocycles. The van der Waals surface area contributed by atoms with Gasteiger partial charge < -0.3 is 9.47 Å². The van der Waals surface area contributed by atoms with Crippen LogP contribution in [-0.4, -0.2) is 7.11 Å². The summed E-state index contributed by atoms with van der Waals surface area (Å²) in [5, 5.41) is 2.26. The van der Waals surface area contributed by atoms with E-state index in [2.05, 4.69) is 15.9 Å². The molecule has 0 saturated heterocycles. The number of hydrogen-bond acceptors (Lipinski definition) is 2. The van der Waals surface area contributed by atoms with Gasteiger partial charge in [0.05, 0.1) is 12.1 Å². The van der Waals surface area contributed by atoms with E-state index in [1.165, 1.54) is 0 Å². The van der Waals surface area contributed by atoms with Crippen LogP contribution in [0.15, 0.2) is 30.3 Å². The van der Waals surface area contributed by atoms with E-state index in [0.29, 0.717) is 38.5 Å². The van der Waals surface area contributed by atoms with Gasteiger partial charge in [-0.1, -0.05) is 50.7 Å². The fourth-order valence-electron chi connectivity index (χ4n) is 1.88. The van der Waals surface area contributed by atoms with E-state index in [4.69, 9.17) is 44.3 Å². The summed E-state index contributed by atoms with van der Waals surface area (Å²) in [6.45, 7) is 0.297. The molecule has 0 fully saturated rings. The molecule has 0 spiro atoms. The second-order valence-electron chi connectivity index (χ2n) is 4.25. The molecule has 0 heterocycles. The van der Waals surface area contributed by atoms with E-state index < -0.39 is 0 Å². The predicted molar refractivity (Wildman–Crippen MR) is 91.4 cm³/mol. The fourth-order valence-corrected chi connectivity index (χ4v) is 3.09. The Morgan fingerprint density at radius 2 is 1.71 bits per heavy atom. The van der Waals surface area contributed by atoms with Gasteiger partial charge in [-0.25, -0.2) is 0 Å². The third-order valence-electron chi connectivity index (χ3n) is 2.84. The van der Waals surface area contributed by atoms with Crippen LogP contribution in [0.5, 0.6) is 11.5 Å². The summed E-state index contributed by atoms with van der Waals surface area (Å²) in [7, 11) is 1.60. The number of methoxy groups -OCH3 is 1. The van der Waals surface area contributed by atoms with Gasteiger partial charge in [0.1, 0.15) is 18.1 Å². The van der Waals surface area contributed by atoms with Gasteiger partial charge >= 0.3 is 0 Å². The summed E-state index contributed by atoms with van der Waals surface area (Å²) in [6.07, 6.45) is 0. The summed E-state index contributed by atoms with van der Waals surface area (Å²) >= 11 is 21.6. The number of hydrogen-bond donors (Lipinski definition) is 0. The number of halogens is 4. The molecule has 2 nitrogen and oxygen atoms in total. The van der Waals surface area contributed by atoms with Crippen molar-refractivity contribution in [1.29, 1.82) is 0 Å². The fraction of sp³-hybridized carbons (Fsp3) is 0.200. The second kappa shape index (κ2) is 7.59. The Hall–Kier alpha value is -0.610. The van der Waals surface area contributed by atoms with E-state index in [0.717, 1.165) is 11.1 Å². The van der Waals surface area contributed by atoms with Crippen LogP contribution in [0.3, 0.4) is 0 Å². The maximum absolute atomic E-state index is 6.20. The molecule has 0 aromatic heterocycles. The number of ether oxygens (including phenoxy) is 2. The lowest BCUT2D eigenvalue weighted by Crippen LogP contribution is -2.01. The lowest BCUT2D eigenvalue weighted by Gasteiger charge is -2.14. The molecule has 0 aliphatic heterocycles. The molecular formula is C15H12BrCl3O2. The minimum absolute atomic E-state index is 0.297. The van der Waals surface area contributed by atoms with Crippen LogP contribution in [0, 0.1) is 0 Å². The van der Waals surface area contributed by atoms with Crippen LogP contribution < -0.4 is 9.47 Å². The summed E-state index contributed by atoms with van der Waals surface area (Å²) in [6, 6.07) is 8.84. The molecule has 0 atom stereocenters. The lowest BCUT2D eigenvalue weighted by molar-refractivity contribution is 0.295. The summed E-state index contributed by atoms with van der Waals surface area (Å²) in [5.41, 5.74) is 1.73. The Morgan fingerprint density at radius 1 is 1.00 bits per heavy atom. The van der Waals surface area contributed by atoms with Crippen molar-refractivity contribution in [1.82, 2.24) is 0 Å². The summed E-state index contributed by atoms with van der Waals surface area (Å²) in [4.78, 5) is 0. The van der Waals surface area contributed by atoms with Crippen molar-refractivity contribution in [3.05, 3.63) is 56.5 Å². The average molecular weight is 411 g/mol. The zero-order valence-electron chi connectivity index (χ0n) is 11.1. The molecule has 21 heavy (non-hydrogen) atoms. The summed E-state index contributed by atoms with van der Waals surface area (Å²) in [5.74, 6) is 1.31. The molecule has 0 amide bonds. The molecule has 112 valence electrons. The van der Waals surface area contributed by atoms with E-state index in [1.54, 1.807) is 31.4 Å². The summed E-state index contributed by atoms with van der Waals surface area (Å²) < 4.78 is 11.1. The third-order valence-corrected chi connectivity index (χ3v) is 4.18. The van der Waals surface area contributed by atoms with Gasteiger partial charge in [-0.3, -0.25) is 0 Å². The number of benzene rings is 2. The largest absolute Gasteiger partial charge is 0.496 e. The zero-order chi connectivity index (χ0) is 15.4. The highest BCUT2D eigenvalue weighted by Crippen LogP contribution is 2.35. The molecule has 0 N–H and O–H groups in total.